The predicted molar refractivity (Wildman–Crippen MR) is 108 cm³/mol. The first kappa shape index (κ1) is 18.9. The molecule has 1 aromatic heterocycles. The first-order valence-corrected chi connectivity index (χ1v) is 10.3. The number of aromatic nitrogens is 2. The fourth-order valence-electron chi connectivity index (χ4n) is 4.03. The number of amides is 1. The van der Waals surface area contributed by atoms with Gasteiger partial charge in [-0.3, -0.25) is 4.79 Å². The van der Waals surface area contributed by atoms with Crippen molar-refractivity contribution in [3.63, 3.8) is 0 Å². The van der Waals surface area contributed by atoms with E-state index in [1.165, 1.54) is 5.56 Å². The van der Waals surface area contributed by atoms with Crippen LogP contribution in [0.3, 0.4) is 0 Å². The van der Waals surface area contributed by atoms with Crippen LogP contribution in [-0.2, 0) is 11.2 Å². The van der Waals surface area contributed by atoms with Gasteiger partial charge in [0.05, 0.1) is 6.10 Å². The lowest BCUT2D eigenvalue weighted by Crippen LogP contribution is -2.35. The summed E-state index contributed by atoms with van der Waals surface area (Å²) in [5.41, 5.74) is 1.78. The summed E-state index contributed by atoms with van der Waals surface area (Å²) in [7, 11) is 0. The highest BCUT2D eigenvalue weighted by Crippen LogP contribution is 2.24. The minimum Gasteiger partial charge on any atom is -0.376 e. The monoisotopic (exact) mass is 380 g/mol. The molecule has 0 spiro atoms. The third-order valence-electron chi connectivity index (χ3n) is 5.70. The molecule has 0 aliphatic carbocycles. The van der Waals surface area contributed by atoms with E-state index in [1.807, 2.05) is 6.07 Å². The van der Waals surface area contributed by atoms with Gasteiger partial charge in [0.15, 0.2) is 11.5 Å². The SMILES string of the molecule is O=C(NCC1CCCO1)c1ccc(N2CCC(Cc3ccccc3)CC2)nn1. The van der Waals surface area contributed by atoms with Crippen LogP contribution in [0.2, 0.25) is 0 Å². The van der Waals surface area contributed by atoms with Gasteiger partial charge in [-0.1, -0.05) is 30.3 Å². The molecule has 2 aromatic rings. The second-order valence-electron chi connectivity index (χ2n) is 7.74. The highest BCUT2D eigenvalue weighted by atomic mass is 16.5. The molecule has 2 fully saturated rings. The Morgan fingerprint density at radius 2 is 1.89 bits per heavy atom. The largest absolute Gasteiger partial charge is 0.376 e. The molecule has 1 unspecified atom stereocenters. The summed E-state index contributed by atoms with van der Waals surface area (Å²) in [5, 5.41) is 11.3. The van der Waals surface area contributed by atoms with Crippen LogP contribution in [0.5, 0.6) is 0 Å². The summed E-state index contributed by atoms with van der Waals surface area (Å²) in [4.78, 5) is 14.5. The maximum atomic E-state index is 12.2. The second-order valence-corrected chi connectivity index (χ2v) is 7.74. The number of nitrogens with zero attached hydrogens (tertiary/aromatic N) is 3. The number of nitrogens with one attached hydrogen (secondary N) is 1. The maximum absolute atomic E-state index is 12.2. The molecular formula is C22H28N4O2. The van der Waals surface area contributed by atoms with E-state index in [-0.39, 0.29) is 12.0 Å². The van der Waals surface area contributed by atoms with E-state index >= 15 is 0 Å². The predicted octanol–water partition coefficient (Wildman–Crippen LogP) is 2.84. The van der Waals surface area contributed by atoms with Crippen molar-refractivity contribution in [1.29, 1.82) is 0 Å². The first-order chi connectivity index (χ1) is 13.8. The zero-order valence-corrected chi connectivity index (χ0v) is 16.2. The van der Waals surface area contributed by atoms with Crippen molar-refractivity contribution in [3.8, 4) is 0 Å². The Morgan fingerprint density at radius 3 is 2.57 bits per heavy atom. The molecule has 2 aliphatic rings. The van der Waals surface area contributed by atoms with Crippen molar-refractivity contribution < 1.29 is 9.53 Å². The summed E-state index contributed by atoms with van der Waals surface area (Å²) in [5.74, 6) is 1.39. The van der Waals surface area contributed by atoms with Crippen molar-refractivity contribution in [2.75, 3.05) is 31.1 Å². The van der Waals surface area contributed by atoms with Crippen LogP contribution in [-0.4, -0.2) is 48.4 Å². The molecule has 1 N–H and O–H groups in total. The molecule has 0 bridgehead atoms. The van der Waals surface area contributed by atoms with Gasteiger partial charge in [0.1, 0.15) is 0 Å². The summed E-state index contributed by atoms with van der Waals surface area (Å²) < 4.78 is 5.53. The van der Waals surface area contributed by atoms with Crippen molar-refractivity contribution in [2.24, 2.45) is 5.92 Å². The summed E-state index contributed by atoms with van der Waals surface area (Å²) in [6.45, 7) is 3.29. The number of rotatable bonds is 6. The second kappa shape index (κ2) is 9.15. The Kier molecular flexibility index (Phi) is 6.17. The Balaban J connectivity index is 1.25. The van der Waals surface area contributed by atoms with Crippen LogP contribution in [0.15, 0.2) is 42.5 Å². The fourth-order valence-corrected chi connectivity index (χ4v) is 4.03. The van der Waals surface area contributed by atoms with E-state index in [0.717, 1.165) is 63.5 Å². The van der Waals surface area contributed by atoms with E-state index in [4.69, 9.17) is 4.74 Å². The molecule has 6 heteroatoms. The van der Waals surface area contributed by atoms with E-state index in [2.05, 4.69) is 50.7 Å². The quantitative estimate of drug-likeness (QED) is 0.835. The molecule has 2 aliphatic heterocycles. The first-order valence-electron chi connectivity index (χ1n) is 10.3. The molecule has 4 rings (SSSR count). The zero-order chi connectivity index (χ0) is 19.2. The van der Waals surface area contributed by atoms with Gasteiger partial charge in [0.2, 0.25) is 0 Å². The molecule has 0 radical (unpaired) electrons. The lowest BCUT2D eigenvalue weighted by atomic mass is 9.90. The minimum atomic E-state index is -0.184. The summed E-state index contributed by atoms with van der Waals surface area (Å²) >= 11 is 0. The van der Waals surface area contributed by atoms with Gasteiger partial charge < -0.3 is 15.0 Å². The summed E-state index contributed by atoms with van der Waals surface area (Å²) in [6.07, 6.45) is 5.65. The number of anilines is 1. The Morgan fingerprint density at radius 1 is 1.07 bits per heavy atom. The Labute approximate surface area is 166 Å². The molecule has 148 valence electrons. The van der Waals surface area contributed by atoms with Gasteiger partial charge in [0.25, 0.3) is 5.91 Å². The van der Waals surface area contributed by atoms with Crippen LogP contribution in [0.1, 0.15) is 41.7 Å². The number of hydrogen-bond acceptors (Lipinski definition) is 5. The standard InChI is InChI=1S/C22H28N4O2/c27-22(23-16-19-7-4-14-28-19)20-8-9-21(25-24-20)26-12-10-18(11-13-26)15-17-5-2-1-3-6-17/h1-3,5-6,8-9,18-19H,4,7,10-16H2,(H,23,27). The lowest BCUT2D eigenvalue weighted by molar-refractivity contribution is 0.0853. The van der Waals surface area contributed by atoms with Gasteiger partial charge >= 0.3 is 0 Å². The van der Waals surface area contributed by atoms with Gasteiger partial charge in [-0.2, -0.15) is 0 Å². The molecule has 1 atom stereocenters. The fraction of sp³-hybridized carbons (Fsp3) is 0.500. The molecule has 1 amide bonds. The molecule has 2 saturated heterocycles. The van der Waals surface area contributed by atoms with Gasteiger partial charge in [-0.25, -0.2) is 0 Å². The van der Waals surface area contributed by atoms with Crippen LogP contribution >= 0.6 is 0 Å². The minimum absolute atomic E-state index is 0.133. The number of benzene rings is 1. The molecule has 3 heterocycles. The maximum Gasteiger partial charge on any atom is 0.271 e. The lowest BCUT2D eigenvalue weighted by Gasteiger charge is -2.32. The molecule has 0 saturated carbocycles. The van der Waals surface area contributed by atoms with Crippen molar-refractivity contribution >= 4 is 11.7 Å². The van der Waals surface area contributed by atoms with Crippen molar-refractivity contribution in [3.05, 3.63) is 53.7 Å². The highest BCUT2D eigenvalue weighted by molar-refractivity contribution is 5.92. The van der Waals surface area contributed by atoms with Crippen molar-refractivity contribution in [2.45, 2.75) is 38.2 Å². The number of carbonyl (C=O) groups is 1. The third kappa shape index (κ3) is 4.87. The van der Waals surface area contributed by atoms with E-state index in [1.54, 1.807) is 6.07 Å². The molecular weight excluding hydrogens is 352 g/mol. The smallest absolute Gasteiger partial charge is 0.271 e. The average molecular weight is 380 g/mol. The molecule has 6 nitrogen and oxygen atoms in total. The van der Waals surface area contributed by atoms with Gasteiger partial charge in [0, 0.05) is 26.2 Å². The highest BCUT2D eigenvalue weighted by Gasteiger charge is 2.21. The van der Waals surface area contributed by atoms with Gasteiger partial charge in [-0.05, 0) is 55.7 Å². The number of piperidine rings is 1. The molecule has 1 aromatic carbocycles. The Hall–Kier alpha value is -2.47. The topological polar surface area (TPSA) is 67.3 Å². The zero-order valence-electron chi connectivity index (χ0n) is 16.2. The summed E-state index contributed by atoms with van der Waals surface area (Å²) in [6, 6.07) is 14.4. The van der Waals surface area contributed by atoms with Crippen LogP contribution < -0.4 is 10.2 Å². The average Bonchev–Trinajstić information content (AvgIpc) is 3.27. The van der Waals surface area contributed by atoms with E-state index in [0.29, 0.717) is 12.2 Å². The van der Waals surface area contributed by atoms with Crippen LogP contribution in [0, 0.1) is 5.92 Å². The third-order valence-corrected chi connectivity index (χ3v) is 5.70. The number of ether oxygens (including phenoxy) is 1. The van der Waals surface area contributed by atoms with Crippen LogP contribution in [0.4, 0.5) is 5.82 Å². The Bertz CT molecular complexity index is 752. The molecule has 28 heavy (non-hydrogen) atoms. The van der Waals surface area contributed by atoms with Gasteiger partial charge in [-0.15, -0.1) is 10.2 Å². The number of hydrogen-bond donors (Lipinski definition) is 1. The normalized spacial score (nSPS) is 20.3. The van der Waals surface area contributed by atoms with E-state index in [9.17, 15) is 4.79 Å². The van der Waals surface area contributed by atoms with Crippen LogP contribution in [0.25, 0.3) is 0 Å². The van der Waals surface area contributed by atoms with Crippen molar-refractivity contribution in [1.82, 2.24) is 15.5 Å². The number of carbonyl (C=O) groups excluding carboxylic acids is 1. The van der Waals surface area contributed by atoms with E-state index < -0.39 is 0 Å².